The molecule has 4 nitrogen and oxygen atoms in total. The molecule has 0 bridgehead atoms. The summed E-state index contributed by atoms with van der Waals surface area (Å²) in [6.07, 6.45) is 0.654. The number of hydrogen-bond donors (Lipinski definition) is 2. The van der Waals surface area contributed by atoms with E-state index in [0.29, 0.717) is 13.0 Å². The molecule has 4 heteroatoms. The summed E-state index contributed by atoms with van der Waals surface area (Å²) in [5.41, 5.74) is -0.893. The molecular weight excluding hydrogens is 172 g/mol. The van der Waals surface area contributed by atoms with Crippen molar-refractivity contribution < 1.29 is 19.7 Å². The van der Waals surface area contributed by atoms with Gasteiger partial charge in [0.05, 0.1) is 19.3 Å². The van der Waals surface area contributed by atoms with E-state index in [9.17, 15) is 5.11 Å². The van der Waals surface area contributed by atoms with Gasteiger partial charge in [0.15, 0.2) is 0 Å². The van der Waals surface area contributed by atoms with Crippen LogP contribution in [-0.2, 0) is 9.47 Å². The highest BCUT2D eigenvalue weighted by Crippen LogP contribution is 2.37. The molecular formula is C9H16O4. The third-order valence-corrected chi connectivity index (χ3v) is 2.98. The van der Waals surface area contributed by atoms with Crippen molar-refractivity contribution in [1.82, 2.24) is 0 Å². The standard InChI is InChI=1S/C9H16O4/c1-6(3-10)9(11,8-5-13-8)2-7-4-12-7/h6-8,10-11H,2-5H2,1H3. The molecule has 0 radical (unpaired) electrons. The summed E-state index contributed by atoms with van der Waals surface area (Å²) < 4.78 is 10.2. The van der Waals surface area contributed by atoms with Gasteiger partial charge in [-0.2, -0.15) is 0 Å². The Bertz CT molecular complexity index is 188. The molecule has 0 saturated carbocycles. The topological polar surface area (TPSA) is 65.5 Å². The lowest BCUT2D eigenvalue weighted by molar-refractivity contribution is -0.0632. The zero-order valence-corrected chi connectivity index (χ0v) is 7.77. The molecule has 0 aromatic heterocycles. The summed E-state index contributed by atoms with van der Waals surface area (Å²) >= 11 is 0. The van der Waals surface area contributed by atoms with Crippen molar-refractivity contribution in [1.29, 1.82) is 0 Å². The molecule has 2 aliphatic rings. The van der Waals surface area contributed by atoms with E-state index in [-0.39, 0.29) is 24.7 Å². The molecule has 2 saturated heterocycles. The fourth-order valence-electron chi connectivity index (χ4n) is 1.70. The molecule has 2 fully saturated rings. The first-order valence-electron chi connectivity index (χ1n) is 4.73. The van der Waals surface area contributed by atoms with Gasteiger partial charge in [0.2, 0.25) is 0 Å². The molecule has 2 N–H and O–H groups in total. The maximum absolute atomic E-state index is 10.3. The van der Waals surface area contributed by atoms with E-state index in [0.717, 1.165) is 6.61 Å². The van der Waals surface area contributed by atoms with Crippen molar-refractivity contribution in [3.8, 4) is 0 Å². The Labute approximate surface area is 77.5 Å². The van der Waals surface area contributed by atoms with Crippen LogP contribution in [0.15, 0.2) is 0 Å². The van der Waals surface area contributed by atoms with E-state index in [1.807, 2.05) is 6.92 Å². The summed E-state index contributed by atoms with van der Waals surface area (Å²) in [5.74, 6) is -0.149. The Kier molecular flexibility index (Phi) is 2.32. The van der Waals surface area contributed by atoms with Crippen LogP contribution in [0.25, 0.3) is 0 Å². The minimum absolute atomic E-state index is 0.0108. The zero-order valence-electron chi connectivity index (χ0n) is 7.77. The summed E-state index contributed by atoms with van der Waals surface area (Å²) in [4.78, 5) is 0. The van der Waals surface area contributed by atoms with Gasteiger partial charge in [-0.05, 0) is 0 Å². The predicted molar refractivity (Wildman–Crippen MR) is 45.3 cm³/mol. The van der Waals surface area contributed by atoms with Crippen LogP contribution in [0.5, 0.6) is 0 Å². The van der Waals surface area contributed by atoms with Crippen LogP contribution in [0.4, 0.5) is 0 Å². The molecule has 0 aliphatic carbocycles. The lowest BCUT2D eigenvalue weighted by atomic mass is 9.82. The second-order valence-corrected chi connectivity index (χ2v) is 4.06. The summed E-state index contributed by atoms with van der Waals surface area (Å²) in [7, 11) is 0. The van der Waals surface area contributed by atoms with Crippen LogP contribution in [0.2, 0.25) is 0 Å². The monoisotopic (exact) mass is 188 g/mol. The fourth-order valence-corrected chi connectivity index (χ4v) is 1.70. The molecule has 13 heavy (non-hydrogen) atoms. The van der Waals surface area contributed by atoms with Crippen molar-refractivity contribution in [2.24, 2.45) is 5.92 Å². The molecule has 4 atom stereocenters. The van der Waals surface area contributed by atoms with Gasteiger partial charge < -0.3 is 19.7 Å². The van der Waals surface area contributed by atoms with Gasteiger partial charge in [-0.3, -0.25) is 0 Å². The number of epoxide rings is 2. The normalized spacial score (nSPS) is 38.1. The van der Waals surface area contributed by atoms with Gasteiger partial charge in [-0.25, -0.2) is 0 Å². The predicted octanol–water partition coefficient (Wildman–Crippen LogP) is -0.466. The van der Waals surface area contributed by atoms with Gasteiger partial charge in [-0.15, -0.1) is 0 Å². The first-order valence-corrected chi connectivity index (χ1v) is 4.73. The molecule has 2 heterocycles. The smallest absolute Gasteiger partial charge is 0.110 e. The first kappa shape index (κ1) is 9.40. The highest BCUT2D eigenvalue weighted by molar-refractivity contribution is 5.00. The molecule has 2 rings (SSSR count). The largest absolute Gasteiger partial charge is 0.396 e. The molecule has 0 aromatic rings. The van der Waals surface area contributed by atoms with Crippen LogP contribution in [0.3, 0.4) is 0 Å². The summed E-state index contributed by atoms with van der Waals surface area (Å²) in [5, 5.41) is 19.3. The average Bonchev–Trinajstić information content (AvgIpc) is 2.92. The molecule has 4 unspecified atom stereocenters. The van der Waals surface area contributed by atoms with Crippen molar-refractivity contribution in [3.63, 3.8) is 0 Å². The third-order valence-electron chi connectivity index (χ3n) is 2.98. The van der Waals surface area contributed by atoms with Crippen LogP contribution < -0.4 is 0 Å². The van der Waals surface area contributed by atoms with E-state index in [1.54, 1.807) is 0 Å². The Morgan fingerprint density at radius 1 is 1.46 bits per heavy atom. The van der Waals surface area contributed by atoms with E-state index in [2.05, 4.69) is 0 Å². The van der Waals surface area contributed by atoms with Crippen molar-refractivity contribution in [2.75, 3.05) is 19.8 Å². The SMILES string of the molecule is CC(CO)C(O)(CC1CO1)C1CO1. The lowest BCUT2D eigenvalue weighted by Crippen LogP contribution is -2.45. The highest BCUT2D eigenvalue weighted by atomic mass is 16.6. The molecule has 0 amide bonds. The Morgan fingerprint density at radius 2 is 2.08 bits per heavy atom. The van der Waals surface area contributed by atoms with E-state index >= 15 is 0 Å². The van der Waals surface area contributed by atoms with E-state index in [1.165, 1.54) is 0 Å². The maximum Gasteiger partial charge on any atom is 0.110 e. The molecule has 0 aromatic carbocycles. The second kappa shape index (κ2) is 3.20. The van der Waals surface area contributed by atoms with Crippen LogP contribution in [0.1, 0.15) is 13.3 Å². The first-order chi connectivity index (χ1) is 6.16. The molecule has 0 spiro atoms. The van der Waals surface area contributed by atoms with E-state index in [4.69, 9.17) is 14.6 Å². The zero-order chi connectivity index (χ0) is 9.47. The van der Waals surface area contributed by atoms with Crippen molar-refractivity contribution in [3.05, 3.63) is 0 Å². The Balaban J connectivity index is 1.98. The van der Waals surface area contributed by atoms with Gasteiger partial charge in [0.1, 0.15) is 11.7 Å². The molecule has 76 valence electrons. The number of hydrogen-bond acceptors (Lipinski definition) is 4. The number of aliphatic hydroxyl groups excluding tert-OH is 1. The quantitative estimate of drug-likeness (QED) is 0.573. The average molecular weight is 188 g/mol. The number of ether oxygens (including phenoxy) is 2. The Morgan fingerprint density at radius 3 is 2.46 bits per heavy atom. The third kappa shape index (κ3) is 1.86. The minimum atomic E-state index is -0.893. The van der Waals surface area contributed by atoms with Gasteiger partial charge in [0.25, 0.3) is 0 Å². The maximum atomic E-state index is 10.3. The molecule has 2 aliphatic heterocycles. The summed E-state index contributed by atoms with van der Waals surface area (Å²) in [6, 6.07) is 0. The second-order valence-electron chi connectivity index (χ2n) is 4.06. The highest BCUT2D eigenvalue weighted by Gasteiger charge is 2.51. The van der Waals surface area contributed by atoms with Gasteiger partial charge in [-0.1, -0.05) is 6.92 Å². The van der Waals surface area contributed by atoms with Crippen LogP contribution in [-0.4, -0.2) is 47.8 Å². The Hall–Kier alpha value is -0.160. The number of aliphatic hydroxyl groups is 2. The van der Waals surface area contributed by atoms with E-state index < -0.39 is 5.60 Å². The fraction of sp³-hybridized carbons (Fsp3) is 1.00. The lowest BCUT2D eigenvalue weighted by Gasteiger charge is -2.31. The number of rotatable bonds is 5. The van der Waals surface area contributed by atoms with Crippen molar-refractivity contribution in [2.45, 2.75) is 31.2 Å². The van der Waals surface area contributed by atoms with Gasteiger partial charge in [0, 0.05) is 18.9 Å². The minimum Gasteiger partial charge on any atom is -0.396 e. The van der Waals surface area contributed by atoms with Gasteiger partial charge >= 0.3 is 0 Å². The summed E-state index contributed by atoms with van der Waals surface area (Å²) in [6.45, 7) is 3.16. The van der Waals surface area contributed by atoms with Crippen molar-refractivity contribution >= 4 is 0 Å². The van der Waals surface area contributed by atoms with Crippen LogP contribution >= 0.6 is 0 Å². The van der Waals surface area contributed by atoms with Crippen LogP contribution in [0, 0.1) is 5.92 Å².